The predicted molar refractivity (Wildman–Crippen MR) is 98.7 cm³/mol. The van der Waals surface area contributed by atoms with Gasteiger partial charge in [-0.1, -0.05) is 0 Å². The number of aryl methyl sites for hydroxylation is 2. The van der Waals surface area contributed by atoms with Gasteiger partial charge < -0.3 is 19.0 Å². The van der Waals surface area contributed by atoms with E-state index in [0.29, 0.717) is 22.9 Å². The molecule has 0 saturated carbocycles. The minimum Gasteiger partial charge on any atom is -0.497 e. The number of benzene rings is 1. The minimum atomic E-state index is 0.521. The molecule has 0 unspecified atom stereocenters. The second kappa shape index (κ2) is 6.29. The zero-order valence-electron chi connectivity index (χ0n) is 15.2. The van der Waals surface area contributed by atoms with Crippen LogP contribution in [0.15, 0.2) is 22.6 Å². The molecule has 0 atom stereocenters. The number of likely N-dealkylation sites (N-methyl/N-ethyl adjacent to an activating group) is 1. The summed E-state index contributed by atoms with van der Waals surface area (Å²) in [6, 6.07) is 5.81. The number of fused-ring (bicyclic) bond motifs is 2. The second-order valence-electron chi connectivity index (χ2n) is 6.22. The molecule has 0 aliphatic rings. The van der Waals surface area contributed by atoms with Gasteiger partial charge in [0.1, 0.15) is 17.4 Å². The summed E-state index contributed by atoms with van der Waals surface area (Å²) in [7, 11) is 3.64. The van der Waals surface area contributed by atoms with Gasteiger partial charge in [-0.2, -0.15) is 4.98 Å². The van der Waals surface area contributed by atoms with Crippen molar-refractivity contribution in [3.63, 3.8) is 0 Å². The molecule has 0 amide bonds. The number of methoxy groups -OCH3 is 1. The van der Waals surface area contributed by atoms with E-state index >= 15 is 0 Å². The Morgan fingerprint density at radius 3 is 2.81 bits per heavy atom. The minimum absolute atomic E-state index is 0.521. The first-order valence-corrected chi connectivity index (χ1v) is 8.39. The molecule has 0 aliphatic heterocycles. The summed E-state index contributed by atoms with van der Waals surface area (Å²) < 4.78 is 10.8. The van der Waals surface area contributed by atoms with Crippen LogP contribution in [-0.2, 0) is 6.42 Å². The van der Waals surface area contributed by atoms with Crippen LogP contribution in [0.1, 0.15) is 17.5 Å². The van der Waals surface area contributed by atoms with E-state index in [0.717, 1.165) is 41.4 Å². The number of imidazole rings is 1. The number of hydrogen-bond donors (Lipinski definition) is 1. The highest BCUT2D eigenvalue weighted by Gasteiger charge is 2.16. The number of nitrogens with zero attached hydrogens (tertiary/aromatic N) is 5. The van der Waals surface area contributed by atoms with Crippen molar-refractivity contribution in [2.45, 2.75) is 20.3 Å². The standard InChI is InChI=1S/C18H20N6O2/c1-10-19-17(16-18(20-10)26-11(2)21-16)24(3)8-7-15-22-13-6-5-12(25-4)9-14(13)23-15/h5-6,9H,7-8H2,1-4H3,(H,22,23). The number of hydrogen-bond acceptors (Lipinski definition) is 7. The van der Waals surface area contributed by atoms with Crippen molar-refractivity contribution in [1.29, 1.82) is 0 Å². The van der Waals surface area contributed by atoms with E-state index < -0.39 is 0 Å². The molecule has 4 rings (SSSR count). The fourth-order valence-electron chi connectivity index (χ4n) is 2.95. The van der Waals surface area contributed by atoms with E-state index in [1.165, 1.54) is 0 Å². The van der Waals surface area contributed by atoms with Gasteiger partial charge in [0.25, 0.3) is 5.71 Å². The molecule has 0 spiro atoms. The van der Waals surface area contributed by atoms with Crippen LogP contribution in [0.2, 0.25) is 0 Å². The van der Waals surface area contributed by atoms with E-state index in [1.54, 1.807) is 7.11 Å². The van der Waals surface area contributed by atoms with Crippen LogP contribution in [0.3, 0.4) is 0 Å². The lowest BCUT2D eigenvalue weighted by Gasteiger charge is -2.17. The number of aromatic amines is 1. The molecule has 0 fully saturated rings. The van der Waals surface area contributed by atoms with Crippen molar-refractivity contribution in [3.05, 3.63) is 35.7 Å². The molecule has 8 nitrogen and oxygen atoms in total. The van der Waals surface area contributed by atoms with Gasteiger partial charge in [-0.15, -0.1) is 0 Å². The van der Waals surface area contributed by atoms with E-state index in [2.05, 4.69) is 24.9 Å². The summed E-state index contributed by atoms with van der Waals surface area (Å²) in [4.78, 5) is 23.3. The monoisotopic (exact) mass is 352 g/mol. The van der Waals surface area contributed by atoms with Gasteiger partial charge in [0.15, 0.2) is 17.2 Å². The molecule has 0 aliphatic carbocycles. The number of nitrogens with one attached hydrogen (secondary N) is 1. The first-order valence-electron chi connectivity index (χ1n) is 8.39. The Hall–Kier alpha value is -3.16. The van der Waals surface area contributed by atoms with Gasteiger partial charge in [0.2, 0.25) is 0 Å². The van der Waals surface area contributed by atoms with Crippen molar-refractivity contribution in [2.75, 3.05) is 25.6 Å². The normalized spacial score (nSPS) is 11.4. The number of H-pyrrole nitrogens is 1. The SMILES string of the molecule is COc1ccc2nc(CCN(C)c3nc(C)nc4oc(C)nc34)[nH]c2c1. The maximum atomic E-state index is 5.54. The molecule has 3 aromatic heterocycles. The first kappa shape index (κ1) is 16.3. The Bertz CT molecular complexity index is 1080. The molecule has 1 aromatic carbocycles. The first-order chi connectivity index (χ1) is 12.5. The number of ether oxygens (including phenoxy) is 1. The van der Waals surface area contributed by atoms with Crippen molar-refractivity contribution >= 4 is 28.1 Å². The summed E-state index contributed by atoms with van der Waals surface area (Å²) >= 11 is 0. The van der Waals surface area contributed by atoms with Crippen LogP contribution in [0.4, 0.5) is 5.82 Å². The van der Waals surface area contributed by atoms with Gasteiger partial charge in [-0.05, 0) is 19.1 Å². The lowest BCUT2D eigenvalue weighted by atomic mass is 10.3. The Kier molecular flexibility index (Phi) is 3.95. The van der Waals surface area contributed by atoms with Crippen molar-refractivity contribution in [3.8, 4) is 5.75 Å². The highest BCUT2D eigenvalue weighted by molar-refractivity contribution is 5.82. The van der Waals surface area contributed by atoms with Gasteiger partial charge in [-0.25, -0.2) is 15.0 Å². The van der Waals surface area contributed by atoms with Crippen LogP contribution in [0.25, 0.3) is 22.3 Å². The Balaban J connectivity index is 1.56. The summed E-state index contributed by atoms with van der Waals surface area (Å²) in [6.07, 6.45) is 0.745. The second-order valence-corrected chi connectivity index (χ2v) is 6.22. The van der Waals surface area contributed by atoms with Gasteiger partial charge >= 0.3 is 0 Å². The van der Waals surface area contributed by atoms with Crippen LogP contribution >= 0.6 is 0 Å². The van der Waals surface area contributed by atoms with E-state index in [1.807, 2.05) is 44.0 Å². The Labute approximate surface area is 150 Å². The third kappa shape index (κ3) is 2.94. The van der Waals surface area contributed by atoms with Crippen LogP contribution in [0, 0.1) is 13.8 Å². The van der Waals surface area contributed by atoms with Crippen molar-refractivity contribution < 1.29 is 9.15 Å². The maximum Gasteiger partial charge on any atom is 0.252 e. The number of anilines is 1. The molecule has 26 heavy (non-hydrogen) atoms. The van der Waals surface area contributed by atoms with Gasteiger partial charge in [0, 0.05) is 33.0 Å². The highest BCUT2D eigenvalue weighted by atomic mass is 16.5. The van der Waals surface area contributed by atoms with Gasteiger partial charge in [0.05, 0.1) is 18.1 Å². The van der Waals surface area contributed by atoms with Crippen LogP contribution < -0.4 is 9.64 Å². The summed E-state index contributed by atoms with van der Waals surface area (Å²) in [6.45, 7) is 4.39. The maximum absolute atomic E-state index is 5.54. The molecule has 8 heteroatoms. The summed E-state index contributed by atoms with van der Waals surface area (Å²) in [5.41, 5.74) is 3.10. The van der Waals surface area contributed by atoms with E-state index in [9.17, 15) is 0 Å². The van der Waals surface area contributed by atoms with Crippen LogP contribution in [-0.4, -0.2) is 45.6 Å². The topological polar surface area (TPSA) is 93.0 Å². The molecular weight excluding hydrogens is 332 g/mol. The molecule has 1 N–H and O–H groups in total. The lowest BCUT2D eigenvalue weighted by molar-refractivity contribution is 0.415. The third-order valence-corrected chi connectivity index (χ3v) is 4.24. The quantitative estimate of drug-likeness (QED) is 0.590. The zero-order valence-corrected chi connectivity index (χ0v) is 15.2. The summed E-state index contributed by atoms with van der Waals surface area (Å²) in [5, 5.41) is 0. The van der Waals surface area contributed by atoms with Crippen molar-refractivity contribution in [2.24, 2.45) is 0 Å². The Morgan fingerprint density at radius 1 is 1.15 bits per heavy atom. The zero-order chi connectivity index (χ0) is 18.3. The highest BCUT2D eigenvalue weighted by Crippen LogP contribution is 2.24. The molecule has 3 heterocycles. The number of rotatable bonds is 5. The third-order valence-electron chi connectivity index (χ3n) is 4.24. The molecule has 134 valence electrons. The summed E-state index contributed by atoms with van der Waals surface area (Å²) in [5.74, 6) is 3.73. The fourth-order valence-corrected chi connectivity index (χ4v) is 2.95. The smallest absolute Gasteiger partial charge is 0.252 e. The molecule has 4 aromatic rings. The molecular formula is C18H20N6O2. The Morgan fingerprint density at radius 2 is 2.00 bits per heavy atom. The van der Waals surface area contributed by atoms with Gasteiger partial charge in [-0.3, -0.25) is 0 Å². The van der Waals surface area contributed by atoms with E-state index in [4.69, 9.17) is 9.15 Å². The molecule has 0 saturated heterocycles. The average Bonchev–Trinajstić information content (AvgIpc) is 3.19. The lowest BCUT2D eigenvalue weighted by Crippen LogP contribution is -2.22. The fraction of sp³-hybridized carbons (Fsp3) is 0.333. The number of aromatic nitrogens is 5. The number of oxazole rings is 1. The molecule has 0 radical (unpaired) electrons. The predicted octanol–water partition coefficient (Wildman–Crippen LogP) is 2.80. The molecule has 0 bridgehead atoms. The van der Waals surface area contributed by atoms with Crippen LogP contribution in [0.5, 0.6) is 5.75 Å². The average molecular weight is 352 g/mol. The van der Waals surface area contributed by atoms with E-state index in [-0.39, 0.29) is 0 Å². The van der Waals surface area contributed by atoms with Crippen molar-refractivity contribution in [1.82, 2.24) is 24.9 Å². The largest absolute Gasteiger partial charge is 0.497 e.